The highest BCUT2D eigenvalue weighted by atomic mass is 32.1. The van der Waals surface area contributed by atoms with E-state index in [1.54, 1.807) is 30.5 Å². The van der Waals surface area contributed by atoms with Gasteiger partial charge in [0.25, 0.3) is 5.56 Å². The Bertz CT molecular complexity index is 1080. The van der Waals surface area contributed by atoms with E-state index in [1.807, 2.05) is 6.92 Å². The van der Waals surface area contributed by atoms with Crippen LogP contribution in [0.4, 0.5) is 10.8 Å². The number of aryl methyl sites for hydroxylation is 1. The summed E-state index contributed by atoms with van der Waals surface area (Å²) in [6.45, 7) is 1.83. The van der Waals surface area contributed by atoms with Crippen molar-refractivity contribution < 1.29 is 5.11 Å². The second-order valence-corrected chi connectivity index (χ2v) is 7.02. The number of phenols is 1. The number of nitrogens with one attached hydrogen (secondary N) is 1. The van der Waals surface area contributed by atoms with E-state index in [4.69, 9.17) is 5.73 Å². The lowest BCUT2D eigenvalue weighted by Gasteiger charge is -1.97. The first kappa shape index (κ1) is 16.1. The summed E-state index contributed by atoms with van der Waals surface area (Å²) in [5.74, 6) is 0.182. The largest absolute Gasteiger partial charge is 0.508 e. The van der Waals surface area contributed by atoms with Gasteiger partial charge < -0.3 is 15.8 Å². The van der Waals surface area contributed by atoms with Gasteiger partial charge in [0, 0.05) is 6.20 Å². The third-order valence-electron chi connectivity index (χ3n) is 3.02. The number of aromatic amines is 1. The second-order valence-electron chi connectivity index (χ2n) is 4.85. The van der Waals surface area contributed by atoms with Gasteiger partial charge in [-0.15, -0.1) is 11.3 Å². The van der Waals surface area contributed by atoms with Gasteiger partial charge in [0.15, 0.2) is 5.13 Å². The summed E-state index contributed by atoms with van der Waals surface area (Å²) in [5.41, 5.74) is 6.83. The van der Waals surface area contributed by atoms with Gasteiger partial charge in [-0.25, -0.2) is 4.98 Å². The van der Waals surface area contributed by atoms with E-state index in [0.717, 1.165) is 10.4 Å². The maximum absolute atomic E-state index is 11.9. The first-order chi connectivity index (χ1) is 11.5. The van der Waals surface area contributed by atoms with Crippen molar-refractivity contribution in [1.29, 1.82) is 0 Å². The van der Waals surface area contributed by atoms with E-state index in [-0.39, 0.29) is 11.3 Å². The van der Waals surface area contributed by atoms with E-state index in [1.165, 1.54) is 28.9 Å². The fraction of sp³-hybridized carbons (Fsp3) is 0.0667. The highest BCUT2D eigenvalue weighted by Gasteiger charge is 1.99. The van der Waals surface area contributed by atoms with Crippen LogP contribution in [-0.4, -0.2) is 15.1 Å². The molecule has 0 atom stereocenters. The monoisotopic (exact) mass is 359 g/mol. The Morgan fingerprint density at radius 1 is 1.38 bits per heavy atom. The molecule has 2 heterocycles. The molecule has 3 rings (SSSR count). The van der Waals surface area contributed by atoms with Gasteiger partial charge >= 0.3 is 0 Å². The molecule has 24 heavy (non-hydrogen) atoms. The summed E-state index contributed by atoms with van der Waals surface area (Å²) >= 11 is 2.58. The van der Waals surface area contributed by atoms with Crippen molar-refractivity contribution in [3.8, 4) is 5.75 Å². The topological polar surface area (TPSA) is 117 Å². The quantitative estimate of drug-likeness (QED) is 0.619. The van der Waals surface area contributed by atoms with Gasteiger partial charge in [0.05, 0.1) is 21.3 Å². The highest BCUT2D eigenvalue weighted by molar-refractivity contribution is 7.16. The van der Waals surface area contributed by atoms with Gasteiger partial charge in [0.1, 0.15) is 10.4 Å². The Balaban J connectivity index is 1.89. The first-order valence-electron chi connectivity index (χ1n) is 6.84. The number of aromatic hydroxyl groups is 1. The Labute approximate surface area is 144 Å². The molecule has 0 saturated heterocycles. The van der Waals surface area contributed by atoms with E-state index < -0.39 is 0 Å². The predicted molar refractivity (Wildman–Crippen MR) is 96.1 cm³/mol. The number of nitrogens with zero attached hydrogens (tertiary/aromatic N) is 3. The predicted octanol–water partition coefficient (Wildman–Crippen LogP) is 1.84. The molecule has 0 aliphatic rings. The van der Waals surface area contributed by atoms with Crippen molar-refractivity contribution in [2.75, 3.05) is 5.73 Å². The molecule has 0 spiro atoms. The number of hydrogen-bond donors (Lipinski definition) is 3. The van der Waals surface area contributed by atoms with Crippen molar-refractivity contribution in [2.45, 2.75) is 6.92 Å². The molecule has 0 aliphatic carbocycles. The van der Waals surface area contributed by atoms with Gasteiger partial charge in [-0.2, -0.15) is 10.2 Å². The zero-order valence-corrected chi connectivity index (χ0v) is 14.2. The molecule has 7 nitrogen and oxygen atoms in total. The molecule has 0 radical (unpaired) electrons. The molecule has 0 saturated carbocycles. The number of H-pyrrole nitrogens is 1. The summed E-state index contributed by atoms with van der Waals surface area (Å²) in [5, 5.41) is 17.9. The van der Waals surface area contributed by atoms with E-state index in [0.29, 0.717) is 20.0 Å². The number of thiazole rings is 2. The fourth-order valence-corrected chi connectivity index (χ4v) is 3.42. The zero-order chi connectivity index (χ0) is 17.1. The average Bonchev–Trinajstić information content (AvgIpc) is 3.08. The van der Waals surface area contributed by atoms with Crippen molar-refractivity contribution in [3.05, 3.63) is 54.4 Å². The Kier molecular flexibility index (Phi) is 4.54. The minimum Gasteiger partial charge on any atom is -0.508 e. The Morgan fingerprint density at radius 3 is 2.92 bits per heavy atom. The van der Waals surface area contributed by atoms with Crippen LogP contribution in [0.3, 0.4) is 0 Å². The highest BCUT2D eigenvalue weighted by Crippen LogP contribution is 2.23. The number of nitrogens with two attached hydrogens (primary N) is 1. The number of benzene rings is 1. The first-order valence-corrected chi connectivity index (χ1v) is 8.47. The summed E-state index contributed by atoms with van der Waals surface area (Å²) < 4.78 is 1.13. The Morgan fingerprint density at radius 2 is 2.21 bits per heavy atom. The third-order valence-corrected chi connectivity index (χ3v) is 4.74. The van der Waals surface area contributed by atoms with Crippen LogP contribution in [0.5, 0.6) is 5.75 Å². The normalized spacial score (nSPS) is 13.2. The lowest BCUT2D eigenvalue weighted by molar-refractivity contribution is 0.475. The molecule has 2 aromatic heterocycles. The molecular formula is C15H13N5O2S2. The van der Waals surface area contributed by atoms with Crippen LogP contribution in [0, 0.1) is 6.92 Å². The van der Waals surface area contributed by atoms with Gasteiger partial charge in [0.2, 0.25) is 0 Å². The molecule has 4 N–H and O–H groups in total. The van der Waals surface area contributed by atoms with Gasteiger partial charge in [-0.1, -0.05) is 11.3 Å². The standard InChI is InChI=1S/C15H13N5O2S2/c1-8-4-9(21)2-3-11(8)20-18-7-13-19-14(22)12(24-13)5-10-6-17-15(16)23-10/h2-7,21H,1H3,(H2,16,17)(H,19,22). The number of hydrogen-bond acceptors (Lipinski definition) is 8. The van der Waals surface area contributed by atoms with Crippen molar-refractivity contribution >= 4 is 45.8 Å². The van der Waals surface area contributed by atoms with E-state index >= 15 is 0 Å². The fourth-order valence-electron chi connectivity index (χ4n) is 1.91. The van der Waals surface area contributed by atoms with Crippen molar-refractivity contribution in [1.82, 2.24) is 9.97 Å². The molecular weight excluding hydrogens is 346 g/mol. The number of nitrogen functional groups attached to an aromatic ring is 1. The van der Waals surface area contributed by atoms with Crippen LogP contribution < -0.4 is 20.5 Å². The van der Waals surface area contributed by atoms with E-state index in [2.05, 4.69) is 20.2 Å². The van der Waals surface area contributed by atoms with Crippen LogP contribution in [0.2, 0.25) is 0 Å². The molecule has 0 bridgehead atoms. The summed E-state index contributed by atoms with van der Waals surface area (Å²) in [6, 6.07) is 4.82. The maximum Gasteiger partial charge on any atom is 0.266 e. The van der Waals surface area contributed by atoms with Crippen LogP contribution in [-0.2, 0) is 0 Å². The SMILES string of the molecule is Cc1cc(O)ccc1N=NC=c1[nH]c(=O)c(=Cc2cnc(N)s2)s1. The average molecular weight is 359 g/mol. The van der Waals surface area contributed by atoms with Gasteiger partial charge in [-0.3, -0.25) is 4.79 Å². The lowest BCUT2D eigenvalue weighted by atomic mass is 10.2. The minimum atomic E-state index is -0.200. The van der Waals surface area contributed by atoms with Crippen molar-refractivity contribution in [3.63, 3.8) is 0 Å². The summed E-state index contributed by atoms with van der Waals surface area (Å²) in [6.07, 6.45) is 4.84. The summed E-state index contributed by atoms with van der Waals surface area (Å²) in [4.78, 5) is 19.4. The smallest absolute Gasteiger partial charge is 0.266 e. The maximum atomic E-state index is 11.9. The molecule has 0 fully saturated rings. The number of aromatic nitrogens is 2. The van der Waals surface area contributed by atoms with E-state index in [9.17, 15) is 9.90 Å². The van der Waals surface area contributed by atoms with Crippen LogP contribution in [0.25, 0.3) is 12.3 Å². The molecule has 122 valence electrons. The molecule has 3 aromatic rings. The number of phenolic OH excluding ortho intramolecular Hbond substituents is 1. The van der Waals surface area contributed by atoms with Crippen molar-refractivity contribution in [2.24, 2.45) is 10.2 Å². The zero-order valence-electron chi connectivity index (χ0n) is 12.6. The summed E-state index contributed by atoms with van der Waals surface area (Å²) in [7, 11) is 0. The number of azo groups is 1. The molecule has 0 aliphatic heterocycles. The second kappa shape index (κ2) is 6.77. The number of anilines is 1. The minimum absolute atomic E-state index is 0.182. The third kappa shape index (κ3) is 3.76. The number of rotatable bonds is 3. The Hall–Kier alpha value is -2.78. The van der Waals surface area contributed by atoms with Crippen LogP contribution >= 0.6 is 22.7 Å². The molecule has 1 aromatic carbocycles. The molecule has 0 amide bonds. The van der Waals surface area contributed by atoms with Gasteiger partial charge in [-0.05, 0) is 36.8 Å². The van der Waals surface area contributed by atoms with Crippen LogP contribution in [0.1, 0.15) is 10.4 Å². The lowest BCUT2D eigenvalue weighted by Crippen LogP contribution is -2.19. The molecule has 0 unspecified atom stereocenters. The molecule has 9 heteroatoms. The van der Waals surface area contributed by atoms with Crippen LogP contribution in [0.15, 0.2) is 39.4 Å².